The zero-order valence-electron chi connectivity index (χ0n) is 11.2. The Bertz CT molecular complexity index is 741. The van der Waals surface area contributed by atoms with E-state index < -0.39 is 5.97 Å². The quantitative estimate of drug-likeness (QED) is 0.618. The lowest BCUT2D eigenvalue weighted by Gasteiger charge is -1.99. The first-order valence-electron chi connectivity index (χ1n) is 6.20. The van der Waals surface area contributed by atoms with Gasteiger partial charge in [0.2, 0.25) is 5.90 Å². The number of aryl methyl sites for hydroxylation is 2. The number of rotatable bonds is 2. The molecule has 0 saturated heterocycles. The zero-order valence-corrected chi connectivity index (χ0v) is 11.2. The molecule has 1 aliphatic rings. The highest BCUT2D eigenvalue weighted by Gasteiger charge is 2.24. The number of hydrogen-bond donors (Lipinski definition) is 0. The largest absolute Gasteiger partial charge is 0.402 e. The third kappa shape index (κ3) is 2.38. The van der Waals surface area contributed by atoms with Crippen molar-refractivity contribution in [3.05, 3.63) is 59.0 Å². The van der Waals surface area contributed by atoms with Gasteiger partial charge in [0, 0.05) is 24.4 Å². The highest BCUT2D eigenvalue weighted by Crippen LogP contribution is 2.19. The lowest BCUT2D eigenvalue weighted by Crippen LogP contribution is -2.05. The minimum Gasteiger partial charge on any atom is -0.402 e. The molecule has 5 nitrogen and oxygen atoms in total. The maximum Gasteiger partial charge on any atom is 0.363 e. The van der Waals surface area contributed by atoms with Crippen LogP contribution in [0.25, 0.3) is 6.08 Å². The molecule has 0 unspecified atom stereocenters. The summed E-state index contributed by atoms with van der Waals surface area (Å²) in [5, 5.41) is 4.04. The normalized spacial score (nSPS) is 16.4. The molecular weight excluding hydrogens is 254 g/mol. The maximum atomic E-state index is 11.8. The van der Waals surface area contributed by atoms with Gasteiger partial charge in [0.15, 0.2) is 5.70 Å². The van der Waals surface area contributed by atoms with E-state index in [1.807, 2.05) is 38.2 Å². The molecular formula is C15H13N3O2. The molecule has 0 saturated carbocycles. The minimum absolute atomic E-state index is 0.287. The van der Waals surface area contributed by atoms with Gasteiger partial charge in [0.05, 0.1) is 6.20 Å². The zero-order chi connectivity index (χ0) is 14.1. The SMILES string of the molecule is Cc1cccc(C2=N/C(=C\c3cnn(C)c3)C(=O)O2)c1. The molecule has 0 radical (unpaired) electrons. The van der Waals surface area contributed by atoms with E-state index in [4.69, 9.17) is 4.74 Å². The van der Waals surface area contributed by atoms with Gasteiger partial charge in [-0.05, 0) is 25.1 Å². The molecule has 0 bridgehead atoms. The molecule has 2 heterocycles. The molecule has 0 aliphatic carbocycles. The molecule has 2 aromatic rings. The first-order chi connectivity index (χ1) is 9.61. The number of benzene rings is 1. The van der Waals surface area contributed by atoms with Crippen LogP contribution in [0.1, 0.15) is 16.7 Å². The van der Waals surface area contributed by atoms with E-state index >= 15 is 0 Å². The third-order valence-corrected chi connectivity index (χ3v) is 2.91. The summed E-state index contributed by atoms with van der Waals surface area (Å²) in [4.78, 5) is 16.1. The first kappa shape index (κ1) is 12.3. The van der Waals surface area contributed by atoms with Crippen LogP contribution in [-0.2, 0) is 16.6 Å². The van der Waals surface area contributed by atoms with Gasteiger partial charge in [0.1, 0.15) is 0 Å². The van der Waals surface area contributed by atoms with Gasteiger partial charge in [0.25, 0.3) is 0 Å². The van der Waals surface area contributed by atoms with E-state index in [1.54, 1.807) is 23.2 Å². The van der Waals surface area contributed by atoms with Crippen molar-refractivity contribution in [2.75, 3.05) is 0 Å². The minimum atomic E-state index is -0.439. The van der Waals surface area contributed by atoms with Gasteiger partial charge in [-0.2, -0.15) is 5.10 Å². The molecule has 100 valence electrons. The van der Waals surface area contributed by atoms with Gasteiger partial charge in [-0.15, -0.1) is 0 Å². The van der Waals surface area contributed by atoms with E-state index in [-0.39, 0.29) is 5.70 Å². The summed E-state index contributed by atoms with van der Waals surface area (Å²) in [5.74, 6) is -0.0980. The molecule has 1 aliphatic heterocycles. The maximum absolute atomic E-state index is 11.8. The van der Waals surface area contributed by atoms with Crippen molar-refractivity contribution in [1.29, 1.82) is 0 Å². The smallest absolute Gasteiger partial charge is 0.363 e. The topological polar surface area (TPSA) is 56.5 Å². The fourth-order valence-electron chi connectivity index (χ4n) is 1.98. The van der Waals surface area contributed by atoms with E-state index in [1.165, 1.54) is 0 Å². The number of ether oxygens (including phenoxy) is 1. The number of aromatic nitrogens is 2. The number of hydrogen-bond acceptors (Lipinski definition) is 4. The second-order valence-electron chi connectivity index (χ2n) is 4.65. The van der Waals surface area contributed by atoms with Crippen LogP contribution in [0.15, 0.2) is 47.3 Å². The summed E-state index contributed by atoms with van der Waals surface area (Å²) in [6.07, 6.45) is 5.14. The van der Waals surface area contributed by atoms with Gasteiger partial charge in [-0.25, -0.2) is 9.79 Å². The molecule has 0 atom stereocenters. The molecule has 1 aromatic heterocycles. The highest BCUT2D eigenvalue weighted by atomic mass is 16.6. The molecule has 0 N–H and O–H groups in total. The number of nitrogens with zero attached hydrogens (tertiary/aromatic N) is 3. The first-order valence-corrected chi connectivity index (χ1v) is 6.20. The molecule has 3 rings (SSSR count). The second-order valence-corrected chi connectivity index (χ2v) is 4.65. The van der Waals surface area contributed by atoms with Gasteiger partial charge in [-0.3, -0.25) is 4.68 Å². The van der Waals surface area contributed by atoms with E-state index in [0.29, 0.717) is 5.90 Å². The number of carbonyl (C=O) groups excluding carboxylic acids is 1. The lowest BCUT2D eigenvalue weighted by atomic mass is 10.1. The van der Waals surface area contributed by atoms with Crippen LogP contribution in [0.4, 0.5) is 0 Å². The van der Waals surface area contributed by atoms with Crippen molar-refractivity contribution in [1.82, 2.24) is 9.78 Å². The fourth-order valence-corrected chi connectivity index (χ4v) is 1.98. The van der Waals surface area contributed by atoms with Crippen molar-refractivity contribution in [3.8, 4) is 0 Å². The van der Waals surface area contributed by atoms with Crippen molar-refractivity contribution in [2.24, 2.45) is 12.0 Å². The summed E-state index contributed by atoms with van der Waals surface area (Å²) in [6.45, 7) is 1.98. The lowest BCUT2D eigenvalue weighted by molar-refractivity contribution is -0.129. The van der Waals surface area contributed by atoms with Gasteiger partial charge < -0.3 is 4.74 Å². The molecule has 5 heteroatoms. The van der Waals surface area contributed by atoms with Gasteiger partial charge >= 0.3 is 5.97 Å². The van der Waals surface area contributed by atoms with Crippen LogP contribution in [0.3, 0.4) is 0 Å². The Morgan fingerprint density at radius 2 is 2.20 bits per heavy atom. The molecule has 20 heavy (non-hydrogen) atoms. The Morgan fingerprint density at radius 3 is 2.90 bits per heavy atom. The van der Waals surface area contributed by atoms with Crippen molar-refractivity contribution >= 4 is 17.9 Å². The number of esters is 1. The van der Waals surface area contributed by atoms with Crippen molar-refractivity contribution < 1.29 is 9.53 Å². The van der Waals surface area contributed by atoms with E-state index in [2.05, 4.69) is 10.1 Å². The van der Waals surface area contributed by atoms with Crippen LogP contribution in [0, 0.1) is 6.92 Å². The molecule has 0 spiro atoms. The average molecular weight is 267 g/mol. The van der Waals surface area contributed by atoms with Crippen LogP contribution >= 0.6 is 0 Å². The number of aliphatic imine (C=N–C) groups is 1. The molecule has 0 amide bonds. The predicted octanol–water partition coefficient (Wildman–Crippen LogP) is 2.07. The fraction of sp³-hybridized carbons (Fsp3) is 0.133. The number of cyclic esters (lactones) is 1. The predicted molar refractivity (Wildman–Crippen MR) is 75.0 cm³/mol. The van der Waals surface area contributed by atoms with E-state index in [0.717, 1.165) is 16.7 Å². The standard InChI is InChI=1S/C15H13N3O2/c1-10-4-3-5-12(6-10)14-17-13(15(19)20-14)7-11-8-16-18(2)9-11/h3-9H,1-2H3/b13-7-. The van der Waals surface area contributed by atoms with Crippen LogP contribution < -0.4 is 0 Å². The van der Waals surface area contributed by atoms with Gasteiger partial charge in [-0.1, -0.05) is 17.7 Å². The van der Waals surface area contributed by atoms with Crippen LogP contribution in [0.5, 0.6) is 0 Å². The van der Waals surface area contributed by atoms with Crippen molar-refractivity contribution in [3.63, 3.8) is 0 Å². The summed E-state index contributed by atoms with van der Waals surface area (Å²) in [5.41, 5.74) is 2.99. The summed E-state index contributed by atoms with van der Waals surface area (Å²) >= 11 is 0. The second kappa shape index (κ2) is 4.77. The summed E-state index contributed by atoms with van der Waals surface area (Å²) in [6, 6.07) is 7.68. The Balaban J connectivity index is 1.94. The van der Waals surface area contributed by atoms with Crippen LogP contribution in [-0.4, -0.2) is 21.6 Å². The Labute approximate surface area is 116 Å². The monoisotopic (exact) mass is 267 g/mol. The van der Waals surface area contributed by atoms with E-state index in [9.17, 15) is 4.79 Å². The molecule has 0 fully saturated rings. The highest BCUT2D eigenvalue weighted by molar-refractivity contribution is 6.12. The van der Waals surface area contributed by atoms with Crippen molar-refractivity contribution in [2.45, 2.75) is 6.92 Å². The summed E-state index contributed by atoms with van der Waals surface area (Å²) in [7, 11) is 1.82. The Morgan fingerprint density at radius 1 is 1.35 bits per heavy atom. The summed E-state index contributed by atoms with van der Waals surface area (Å²) < 4.78 is 6.87. The Hall–Kier alpha value is -2.69. The molecule has 1 aromatic carbocycles. The van der Waals surface area contributed by atoms with Crippen LogP contribution in [0.2, 0.25) is 0 Å². The number of carbonyl (C=O) groups is 1. The average Bonchev–Trinajstić information content (AvgIpc) is 2.97. The third-order valence-electron chi connectivity index (χ3n) is 2.91. The Kier molecular flexibility index (Phi) is 2.95.